The number of hydrogen-bond acceptors (Lipinski definition) is 5. The number of aromatic nitrogens is 1. The molecule has 2 aromatic rings. The molecule has 1 N–H and O–H groups in total. The summed E-state index contributed by atoms with van der Waals surface area (Å²) in [5.41, 5.74) is 1.83. The van der Waals surface area contributed by atoms with Gasteiger partial charge in [0, 0.05) is 44.4 Å². The third-order valence-corrected chi connectivity index (χ3v) is 6.91. The highest BCUT2D eigenvalue weighted by atomic mass is 16.3. The van der Waals surface area contributed by atoms with Gasteiger partial charge in [0.2, 0.25) is 5.91 Å². The minimum atomic E-state index is -0.815. The molecule has 0 unspecified atom stereocenters. The van der Waals surface area contributed by atoms with Gasteiger partial charge < -0.3 is 14.6 Å². The molecule has 0 spiro atoms. The van der Waals surface area contributed by atoms with Crippen LogP contribution in [0.1, 0.15) is 43.0 Å². The van der Waals surface area contributed by atoms with Crippen molar-refractivity contribution in [2.75, 3.05) is 26.7 Å². The Morgan fingerprint density at radius 2 is 1.84 bits per heavy atom. The average Bonchev–Trinajstić information content (AvgIpc) is 2.78. The topological polar surface area (TPSA) is 82.8 Å². The van der Waals surface area contributed by atoms with E-state index in [1.54, 1.807) is 26.1 Å². The molecule has 32 heavy (non-hydrogen) atoms. The lowest BCUT2D eigenvalue weighted by Crippen LogP contribution is -2.48. The van der Waals surface area contributed by atoms with Crippen LogP contribution in [-0.4, -0.2) is 63.9 Å². The van der Waals surface area contributed by atoms with E-state index in [0.717, 1.165) is 30.8 Å². The number of aliphatic hydroxyl groups excluding tert-OH is 1. The third kappa shape index (κ3) is 4.69. The van der Waals surface area contributed by atoms with E-state index in [2.05, 4.69) is 4.90 Å². The van der Waals surface area contributed by atoms with E-state index in [0.29, 0.717) is 12.5 Å². The number of aliphatic hydroxyl groups is 1. The molecule has 1 aromatic carbocycles. The molecule has 7 heteroatoms. The molecule has 4 rings (SSSR count). The first kappa shape index (κ1) is 22.4. The second kappa shape index (κ2) is 9.38. The molecule has 2 bridgehead atoms. The smallest absolute Gasteiger partial charge is 0.250 e. The summed E-state index contributed by atoms with van der Waals surface area (Å²) in [6.07, 6.45) is 0.0414. The Bertz CT molecular complexity index is 1030. The van der Waals surface area contributed by atoms with Gasteiger partial charge in [0.25, 0.3) is 5.56 Å². The SMILES string of the molecule is C[C@@H]([C@@H](O)c1ccccc1)N(C)C(=O)CC(=O)CN1C[C@@H]2C[C@H](C1)c1cccc(=O)n1C2. The molecule has 2 aliphatic heterocycles. The minimum absolute atomic E-state index is 0.0437. The van der Waals surface area contributed by atoms with E-state index in [1.165, 1.54) is 4.90 Å². The second-order valence-electron chi connectivity index (χ2n) is 9.21. The summed E-state index contributed by atoms with van der Waals surface area (Å²) in [6, 6.07) is 14.2. The molecule has 4 atom stereocenters. The largest absolute Gasteiger partial charge is 0.386 e. The van der Waals surface area contributed by atoms with Crippen LogP contribution in [0.15, 0.2) is 53.3 Å². The summed E-state index contributed by atoms with van der Waals surface area (Å²) < 4.78 is 1.87. The van der Waals surface area contributed by atoms with Crippen molar-refractivity contribution >= 4 is 11.7 Å². The van der Waals surface area contributed by atoms with Crippen LogP contribution < -0.4 is 5.56 Å². The number of nitrogens with zero attached hydrogens (tertiary/aromatic N) is 3. The summed E-state index contributed by atoms with van der Waals surface area (Å²) in [5.74, 6) is 0.178. The molecule has 7 nitrogen and oxygen atoms in total. The number of amides is 1. The molecule has 1 aromatic heterocycles. The van der Waals surface area contributed by atoms with Crippen LogP contribution in [0.2, 0.25) is 0 Å². The maximum atomic E-state index is 12.7. The van der Waals surface area contributed by atoms with Gasteiger partial charge in [0.15, 0.2) is 5.78 Å². The van der Waals surface area contributed by atoms with Crippen molar-refractivity contribution in [3.8, 4) is 0 Å². The molecular formula is C25H31N3O4. The molecule has 170 valence electrons. The highest BCUT2D eigenvalue weighted by molar-refractivity contribution is 5.99. The zero-order valence-corrected chi connectivity index (χ0v) is 18.7. The van der Waals surface area contributed by atoms with Crippen LogP contribution in [-0.2, 0) is 16.1 Å². The van der Waals surface area contributed by atoms with Crippen LogP contribution in [0, 0.1) is 5.92 Å². The molecule has 0 radical (unpaired) electrons. The fourth-order valence-electron chi connectivity index (χ4n) is 5.09. The zero-order chi connectivity index (χ0) is 22.8. The number of Topliss-reactive ketones (excluding diaryl/α,β-unsaturated/α-hetero) is 1. The van der Waals surface area contributed by atoms with E-state index in [4.69, 9.17) is 0 Å². The first-order chi connectivity index (χ1) is 15.3. The van der Waals surface area contributed by atoms with Crippen molar-refractivity contribution in [1.29, 1.82) is 0 Å². The van der Waals surface area contributed by atoms with Crippen LogP contribution >= 0.6 is 0 Å². The van der Waals surface area contributed by atoms with E-state index >= 15 is 0 Å². The molecular weight excluding hydrogens is 406 g/mol. The van der Waals surface area contributed by atoms with Crippen LogP contribution in [0.25, 0.3) is 0 Å². The predicted octanol–water partition coefficient (Wildman–Crippen LogP) is 1.81. The maximum absolute atomic E-state index is 12.7. The highest BCUT2D eigenvalue weighted by Gasteiger charge is 2.35. The highest BCUT2D eigenvalue weighted by Crippen LogP contribution is 2.34. The third-order valence-electron chi connectivity index (χ3n) is 6.91. The van der Waals surface area contributed by atoms with Gasteiger partial charge in [-0.1, -0.05) is 36.4 Å². The van der Waals surface area contributed by atoms with Gasteiger partial charge >= 0.3 is 0 Å². The quantitative estimate of drug-likeness (QED) is 0.668. The number of ketones is 1. The van der Waals surface area contributed by atoms with E-state index in [9.17, 15) is 19.5 Å². The van der Waals surface area contributed by atoms with E-state index in [1.807, 2.05) is 41.0 Å². The number of likely N-dealkylation sites (tertiary alicyclic amines) is 1. The van der Waals surface area contributed by atoms with Gasteiger partial charge in [0.05, 0.1) is 25.1 Å². The average molecular weight is 438 g/mol. The number of likely N-dealkylation sites (N-methyl/N-ethyl adjacent to an activating group) is 1. The number of benzene rings is 1. The van der Waals surface area contributed by atoms with E-state index in [-0.39, 0.29) is 36.1 Å². The normalized spacial score (nSPS) is 22.0. The van der Waals surface area contributed by atoms with Crippen molar-refractivity contribution in [2.24, 2.45) is 5.92 Å². The first-order valence-electron chi connectivity index (χ1n) is 11.3. The summed E-state index contributed by atoms with van der Waals surface area (Å²) in [4.78, 5) is 41.2. The molecule has 1 amide bonds. The molecule has 3 heterocycles. The van der Waals surface area contributed by atoms with Crippen LogP contribution in [0.4, 0.5) is 0 Å². The van der Waals surface area contributed by atoms with Crippen molar-refractivity contribution in [3.05, 3.63) is 70.1 Å². The van der Waals surface area contributed by atoms with Gasteiger partial charge in [-0.3, -0.25) is 19.3 Å². The van der Waals surface area contributed by atoms with Crippen molar-refractivity contribution in [1.82, 2.24) is 14.4 Å². The number of pyridine rings is 1. The molecule has 0 aliphatic carbocycles. The fraction of sp³-hybridized carbons (Fsp3) is 0.480. The maximum Gasteiger partial charge on any atom is 0.250 e. The Labute approximate surface area is 188 Å². The summed E-state index contributed by atoms with van der Waals surface area (Å²) >= 11 is 0. The Kier molecular flexibility index (Phi) is 6.58. The Morgan fingerprint density at radius 1 is 1.09 bits per heavy atom. The Hall–Kier alpha value is -2.77. The van der Waals surface area contributed by atoms with Crippen LogP contribution in [0.5, 0.6) is 0 Å². The Balaban J connectivity index is 1.33. The van der Waals surface area contributed by atoms with Gasteiger partial charge in [-0.2, -0.15) is 0 Å². The van der Waals surface area contributed by atoms with Gasteiger partial charge in [-0.25, -0.2) is 0 Å². The summed E-state index contributed by atoms with van der Waals surface area (Å²) in [7, 11) is 1.63. The summed E-state index contributed by atoms with van der Waals surface area (Å²) in [6.45, 7) is 4.19. The second-order valence-corrected chi connectivity index (χ2v) is 9.21. The number of fused-ring (bicyclic) bond motifs is 4. The van der Waals surface area contributed by atoms with E-state index < -0.39 is 12.1 Å². The lowest BCUT2D eigenvalue weighted by molar-refractivity contribution is -0.138. The van der Waals surface area contributed by atoms with Crippen molar-refractivity contribution in [3.63, 3.8) is 0 Å². The number of piperidine rings is 1. The lowest BCUT2D eigenvalue weighted by Gasteiger charge is -2.42. The predicted molar refractivity (Wildman–Crippen MR) is 121 cm³/mol. The van der Waals surface area contributed by atoms with Crippen molar-refractivity contribution in [2.45, 2.75) is 44.4 Å². The molecule has 2 aliphatic rings. The monoisotopic (exact) mass is 437 g/mol. The van der Waals surface area contributed by atoms with Crippen molar-refractivity contribution < 1.29 is 14.7 Å². The van der Waals surface area contributed by atoms with Gasteiger partial charge in [-0.05, 0) is 30.9 Å². The van der Waals surface area contributed by atoms with Gasteiger partial charge in [0.1, 0.15) is 0 Å². The zero-order valence-electron chi connectivity index (χ0n) is 18.7. The number of hydrogen-bond donors (Lipinski definition) is 1. The summed E-state index contributed by atoms with van der Waals surface area (Å²) in [5, 5.41) is 10.6. The molecule has 0 saturated carbocycles. The minimum Gasteiger partial charge on any atom is -0.386 e. The first-order valence-corrected chi connectivity index (χ1v) is 11.3. The number of carbonyl (C=O) groups is 2. The molecule has 1 fully saturated rings. The Morgan fingerprint density at radius 3 is 2.59 bits per heavy atom. The van der Waals surface area contributed by atoms with Gasteiger partial charge in [-0.15, -0.1) is 0 Å². The van der Waals surface area contributed by atoms with Crippen LogP contribution in [0.3, 0.4) is 0 Å². The lowest BCUT2D eigenvalue weighted by atomic mass is 9.83. The fourth-order valence-corrected chi connectivity index (χ4v) is 5.09. The standard InChI is InChI=1S/C25H31N3O4/c1-17(25(32)19-7-4-3-5-8-19)26(2)24(31)12-21(29)16-27-13-18-11-20(15-27)22-9-6-10-23(30)28(22)14-18/h3-10,17-18,20,25,32H,11-16H2,1-2H3/t17-,18-,20+,25+/m0/s1. The number of rotatable bonds is 7. The number of carbonyl (C=O) groups excluding carboxylic acids is 2. The molecule has 1 saturated heterocycles.